The first-order valence-corrected chi connectivity index (χ1v) is 10.8. The van der Waals surface area contributed by atoms with Gasteiger partial charge < -0.3 is 10.0 Å². The summed E-state index contributed by atoms with van der Waals surface area (Å²) in [7, 11) is 1.91. The molecule has 4 bridgehead atoms. The fourth-order valence-electron chi connectivity index (χ4n) is 6.74. The van der Waals surface area contributed by atoms with E-state index in [4.69, 9.17) is 0 Å². The summed E-state index contributed by atoms with van der Waals surface area (Å²) >= 11 is 0. The second-order valence-electron chi connectivity index (χ2n) is 9.97. The zero-order chi connectivity index (χ0) is 20.2. The summed E-state index contributed by atoms with van der Waals surface area (Å²) < 4.78 is 1.72. The zero-order valence-electron chi connectivity index (χ0n) is 17.3. The molecule has 0 saturated heterocycles. The Morgan fingerprint density at radius 2 is 1.93 bits per heavy atom. The van der Waals surface area contributed by atoms with E-state index in [2.05, 4.69) is 29.1 Å². The maximum atomic E-state index is 13.2. The molecule has 1 aromatic carbocycles. The van der Waals surface area contributed by atoms with Crippen molar-refractivity contribution in [2.45, 2.75) is 63.5 Å². The molecule has 2 unspecified atom stereocenters. The molecule has 0 radical (unpaired) electrons. The largest absolute Gasteiger partial charge is 0.390 e. The van der Waals surface area contributed by atoms with Crippen LogP contribution < -0.4 is 0 Å². The number of hydrogen-bond acceptors (Lipinski definition) is 4. The quantitative estimate of drug-likeness (QED) is 0.842. The minimum absolute atomic E-state index is 0.00398. The average Bonchev–Trinajstić information content (AvgIpc) is 3.19. The third kappa shape index (κ3) is 3.37. The Bertz CT molecular complexity index is 878. The van der Waals surface area contributed by atoms with Crippen LogP contribution in [0.4, 0.5) is 0 Å². The van der Waals surface area contributed by atoms with Gasteiger partial charge in [-0.1, -0.05) is 12.1 Å². The molecule has 4 saturated carbocycles. The molecule has 5 atom stereocenters. The molecule has 6 rings (SSSR count). The molecule has 4 fully saturated rings. The summed E-state index contributed by atoms with van der Waals surface area (Å²) in [5.41, 5.74) is 1.56. The van der Waals surface area contributed by atoms with E-state index >= 15 is 0 Å². The molecular weight excluding hydrogens is 364 g/mol. The van der Waals surface area contributed by atoms with Crippen LogP contribution in [0.1, 0.15) is 63.5 Å². The van der Waals surface area contributed by atoms with Gasteiger partial charge in [-0.05, 0) is 80.4 Å². The number of carbonyl (C=O) groups is 1. The van der Waals surface area contributed by atoms with Crippen molar-refractivity contribution in [2.24, 2.45) is 17.3 Å². The molecule has 29 heavy (non-hydrogen) atoms. The van der Waals surface area contributed by atoms with Crippen molar-refractivity contribution in [1.82, 2.24) is 19.7 Å². The lowest BCUT2D eigenvalue weighted by atomic mass is 9.47. The van der Waals surface area contributed by atoms with Crippen LogP contribution in [0.3, 0.4) is 0 Å². The van der Waals surface area contributed by atoms with E-state index in [1.54, 1.807) is 11.0 Å². The van der Waals surface area contributed by atoms with Crippen molar-refractivity contribution >= 4 is 5.91 Å². The first-order valence-electron chi connectivity index (χ1n) is 10.8. The van der Waals surface area contributed by atoms with Crippen LogP contribution in [0.2, 0.25) is 0 Å². The lowest BCUT2D eigenvalue weighted by Gasteiger charge is -2.60. The number of amides is 1. The molecular formula is C23H30N4O2. The number of benzene rings is 1. The topological polar surface area (TPSA) is 71.2 Å². The van der Waals surface area contributed by atoms with Crippen LogP contribution in [0.25, 0.3) is 5.69 Å². The molecule has 154 valence electrons. The van der Waals surface area contributed by atoms with Crippen LogP contribution in [0.15, 0.2) is 36.9 Å². The Kier molecular flexibility index (Phi) is 4.32. The predicted molar refractivity (Wildman–Crippen MR) is 109 cm³/mol. The van der Waals surface area contributed by atoms with Crippen molar-refractivity contribution in [3.05, 3.63) is 42.5 Å². The molecule has 6 nitrogen and oxygen atoms in total. The molecule has 1 aromatic heterocycles. The predicted octanol–water partition coefficient (Wildman–Crippen LogP) is 3.51. The van der Waals surface area contributed by atoms with Gasteiger partial charge in [-0.3, -0.25) is 4.79 Å². The highest BCUT2D eigenvalue weighted by Crippen LogP contribution is 2.62. The summed E-state index contributed by atoms with van der Waals surface area (Å²) in [6.45, 7) is 2.08. The molecule has 0 aliphatic heterocycles. The standard InChI is InChI=1S/C23H30N4O2/c1-16(19-3-5-20(6-4-19)27-15-24-14-25-27)26(2)21(28)12-22-8-17-7-18(9-22)11-23(29,10-17)13-22/h3-6,14-18,29H,7-13H2,1-2H3/t16-,17-,18+,22?,23?/m0/s1. The van der Waals surface area contributed by atoms with E-state index in [-0.39, 0.29) is 17.4 Å². The smallest absolute Gasteiger partial charge is 0.223 e. The third-order valence-electron chi connectivity index (χ3n) is 7.71. The third-order valence-corrected chi connectivity index (χ3v) is 7.71. The number of aliphatic hydroxyl groups is 1. The monoisotopic (exact) mass is 394 g/mol. The highest BCUT2D eigenvalue weighted by atomic mass is 16.3. The van der Waals surface area contributed by atoms with E-state index in [1.807, 2.05) is 24.1 Å². The van der Waals surface area contributed by atoms with E-state index in [0.717, 1.165) is 43.4 Å². The lowest BCUT2D eigenvalue weighted by molar-refractivity contribution is -0.172. The fourth-order valence-corrected chi connectivity index (χ4v) is 6.74. The molecule has 6 heteroatoms. The van der Waals surface area contributed by atoms with Gasteiger partial charge in [0.05, 0.1) is 17.3 Å². The van der Waals surface area contributed by atoms with Gasteiger partial charge in [-0.25, -0.2) is 9.67 Å². The Hall–Kier alpha value is -2.21. The van der Waals surface area contributed by atoms with Gasteiger partial charge in [0.15, 0.2) is 0 Å². The lowest BCUT2D eigenvalue weighted by Crippen LogP contribution is -2.56. The van der Waals surface area contributed by atoms with Gasteiger partial charge in [0.1, 0.15) is 12.7 Å². The molecule has 4 aliphatic rings. The van der Waals surface area contributed by atoms with Gasteiger partial charge in [0, 0.05) is 13.5 Å². The van der Waals surface area contributed by atoms with Crippen molar-refractivity contribution in [3.63, 3.8) is 0 Å². The van der Waals surface area contributed by atoms with Gasteiger partial charge >= 0.3 is 0 Å². The zero-order valence-corrected chi connectivity index (χ0v) is 17.3. The second-order valence-corrected chi connectivity index (χ2v) is 9.97. The van der Waals surface area contributed by atoms with Gasteiger partial charge in [-0.2, -0.15) is 5.10 Å². The number of aromatic nitrogens is 3. The van der Waals surface area contributed by atoms with Crippen LogP contribution in [-0.2, 0) is 4.79 Å². The molecule has 2 aromatic rings. The SMILES string of the molecule is C[C@@H](c1ccc(-n2cncn2)cc1)N(C)C(=O)CC12C[C@@H]3C[C@@H](CC(O)(C3)C1)C2. The van der Waals surface area contributed by atoms with Crippen LogP contribution >= 0.6 is 0 Å². The minimum Gasteiger partial charge on any atom is -0.390 e. The van der Waals surface area contributed by atoms with E-state index in [0.29, 0.717) is 18.3 Å². The number of hydrogen-bond donors (Lipinski definition) is 1. The summed E-state index contributed by atoms with van der Waals surface area (Å²) in [6.07, 6.45) is 9.96. The second kappa shape index (κ2) is 6.66. The maximum Gasteiger partial charge on any atom is 0.223 e. The van der Waals surface area contributed by atoms with Gasteiger partial charge in [0.25, 0.3) is 0 Å². The summed E-state index contributed by atoms with van der Waals surface area (Å²) in [4.78, 5) is 19.1. The Morgan fingerprint density at radius 3 is 2.52 bits per heavy atom. The van der Waals surface area contributed by atoms with Crippen LogP contribution in [-0.4, -0.2) is 43.3 Å². The molecule has 1 amide bonds. The molecule has 0 spiro atoms. The Labute approximate surface area is 171 Å². The van der Waals surface area contributed by atoms with E-state index < -0.39 is 5.60 Å². The minimum atomic E-state index is -0.508. The maximum absolute atomic E-state index is 13.2. The Morgan fingerprint density at radius 1 is 1.24 bits per heavy atom. The Balaban J connectivity index is 1.28. The summed E-state index contributed by atoms with van der Waals surface area (Å²) in [5, 5.41) is 15.1. The van der Waals surface area contributed by atoms with E-state index in [1.165, 1.54) is 12.7 Å². The van der Waals surface area contributed by atoms with Crippen LogP contribution in [0.5, 0.6) is 0 Å². The molecule has 1 heterocycles. The van der Waals surface area contributed by atoms with Crippen molar-refractivity contribution < 1.29 is 9.90 Å². The van der Waals surface area contributed by atoms with Crippen molar-refractivity contribution in [1.29, 1.82) is 0 Å². The highest BCUT2D eigenvalue weighted by molar-refractivity contribution is 5.77. The normalized spacial score (nSPS) is 33.6. The molecule has 4 aliphatic carbocycles. The number of nitrogens with zero attached hydrogens (tertiary/aromatic N) is 4. The number of rotatable bonds is 5. The fraction of sp³-hybridized carbons (Fsp3) is 0.609. The van der Waals surface area contributed by atoms with E-state index in [9.17, 15) is 9.90 Å². The van der Waals surface area contributed by atoms with Crippen LogP contribution in [0, 0.1) is 17.3 Å². The summed E-state index contributed by atoms with van der Waals surface area (Å²) in [5.74, 6) is 1.42. The first kappa shape index (κ1) is 18.8. The molecule has 1 N–H and O–H groups in total. The van der Waals surface area contributed by atoms with Gasteiger partial charge in [-0.15, -0.1) is 0 Å². The highest BCUT2D eigenvalue weighted by Gasteiger charge is 2.57. The van der Waals surface area contributed by atoms with Crippen molar-refractivity contribution in [3.8, 4) is 5.69 Å². The first-order chi connectivity index (χ1) is 13.8. The van der Waals surface area contributed by atoms with Crippen molar-refractivity contribution in [2.75, 3.05) is 7.05 Å². The number of carbonyl (C=O) groups excluding carboxylic acids is 1. The average molecular weight is 395 g/mol. The summed E-state index contributed by atoms with van der Waals surface area (Å²) in [6, 6.07) is 8.13. The van der Waals surface area contributed by atoms with Gasteiger partial charge in [0.2, 0.25) is 5.91 Å².